The molecule has 0 saturated heterocycles. The topological polar surface area (TPSA) is 83.8 Å². The molecule has 1 heterocycles. The molecular formula is C28H38O5. The first-order valence-corrected chi connectivity index (χ1v) is 12.3. The van der Waals surface area contributed by atoms with E-state index in [9.17, 15) is 19.8 Å². The molecular weight excluding hydrogens is 416 g/mol. The third-order valence-corrected chi connectivity index (χ3v) is 8.85. The van der Waals surface area contributed by atoms with Gasteiger partial charge in [-0.3, -0.25) is 9.59 Å². The molecule has 0 unspecified atom stereocenters. The van der Waals surface area contributed by atoms with E-state index < -0.39 is 11.4 Å². The zero-order valence-corrected chi connectivity index (χ0v) is 20.8. The molecule has 0 aromatic heterocycles. The third-order valence-electron chi connectivity index (χ3n) is 8.85. The SMILES string of the molecule is C/C1=C\[C@H]2[C@@H](CC[C@]3(C)Oc4c(C=O)c(O)c(C=O)c(O)c4[C@H](CC(C)C)[C@H]3CC1)C2(C)C. The molecule has 3 aliphatic rings. The average molecular weight is 455 g/mol. The first kappa shape index (κ1) is 23.8. The number of hydrogen-bond donors (Lipinski definition) is 2. The van der Waals surface area contributed by atoms with Crippen molar-refractivity contribution in [2.24, 2.45) is 29.1 Å². The van der Waals surface area contributed by atoms with E-state index in [1.807, 2.05) is 0 Å². The summed E-state index contributed by atoms with van der Waals surface area (Å²) in [6, 6.07) is 0. The summed E-state index contributed by atoms with van der Waals surface area (Å²) in [5.74, 6) is 1.08. The smallest absolute Gasteiger partial charge is 0.157 e. The minimum absolute atomic E-state index is 0.0314. The molecule has 5 atom stereocenters. The van der Waals surface area contributed by atoms with E-state index in [-0.39, 0.29) is 39.9 Å². The number of aldehydes is 2. The van der Waals surface area contributed by atoms with Crippen LogP contribution in [0.25, 0.3) is 0 Å². The zero-order chi connectivity index (χ0) is 24.3. The van der Waals surface area contributed by atoms with Crippen molar-refractivity contribution in [3.63, 3.8) is 0 Å². The van der Waals surface area contributed by atoms with Crippen molar-refractivity contribution in [2.45, 2.75) is 85.2 Å². The summed E-state index contributed by atoms with van der Waals surface area (Å²) in [7, 11) is 0. The Bertz CT molecular complexity index is 1000. The van der Waals surface area contributed by atoms with Crippen LogP contribution in [0.4, 0.5) is 0 Å². The summed E-state index contributed by atoms with van der Waals surface area (Å²) >= 11 is 0. The first-order valence-electron chi connectivity index (χ1n) is 12.3. The van der Waals surface area contributed by atoms with E-state index in [0.29, 0.717) is 35.9 Å². The highest BCUT2D eigenvalue weighted by atomic mass is 16.5. The second-order valence-corrected chi connectivity index (χ2v) is 11.8. The molecule has 1 aromatic carbocycles. The van der Waals surface area contributed by atoms with Gasteiger partial charge < -0.3 is 14.9 Å². The van der Waals surface area contributed by atoms with Gasteiger partial charge in [0.05, 0.1) is 11.1 Å². The molecule has 33 heavy (non-hydrogen) atoms. The Hall–Kier alpha value is -2.30. The fourth-order valence-corrected chi connectivity index (χ4v) is 6.79. The van der Waals surface area contributed by atoms with Crippen LogP contribution in [0.3, 0.4) is 0 Å². The van der Waals surface area contributed by atoms with E-state index >= 15 is 0 Å². The molecule has 5 heteroatoms. The van der Waals surface area contributed by atoms with Crippen molar-refractivity contribution in [1.82, 2.24) is 0 Å². The Balaban J connectivity index is 1.89. The van der Waals surface area contributed by atoms with Gasteiger partial charge in [0, 0.05) is 11.5 Å². The number of allylic oxidation sites excluding steroid dienone is 2. The van der Waals surface area contributed by atoms with E-state index in [2.05, 4.69) is 47.6 Å². The molecule has 2 aliphatic carbocycles. The second-order valence-electron chi connectivity index (χ2n) is 11.8. The Morgan fingerprint density at radius 3 is 2.33 bits per heavy atom. The fourth-order valence-electron chi connectivity index (χ4n) is 6.79. The van der Waals surface area contributed by atoms with Crippen LogP contribution >= 0.6 is 0 Å². The van der Waals surface area contributed by atoms with Crippen molar-refractivity contribution in [3.05, 3.63) is 28.3 Å². The van der Waals surface area contributed by atoms with Gasteiger partial charge in [-0.15, -0.1) is 0 Å². The van der Waals surface area contributed by atoms with Gasteiger partial charge in [-0.2, -0.15) is 0 Å². The summed E-state index contributed by atoms with van der Waals surface area (Å²) < 4.78 is 6.63. The molecule has 0 radical (unpaired) electrons. The lowest BCUT2D eigenvalue weighted by Gasteiger charge is -2.49. The van der Waals surface area contributed by atoms with Crippen LogP contribution in [0.2, 0.25) is 0 Å². The molecule has 0 amide bonds. The predicted octanol–water partition coefficient (Wildman–Crippen LogP) is 6.41. The summed E-state index contributed by atoms with van der Waals surface area (Å²) in [5.41, 5.74) is 1.39. The lowest BCUT2D eigenvalue weighted by atomic mass is 9.65. The highest BCUT2D eigenvalue weighted by Crippen LogP contribution is 2.64. The lowest BCUT2D eigenvalue weighted by molar-refractivity contribution is -0.0253. The van der Waals surface area contributed by atoms with Crippen molar-refractivity contribution in [2.75, 3.05) is 0 Å². The Morgan fingerprint density at radius 2 is 1.73 bits per heavy atom. The highest BCUT2D eigenvalue weighted by molar-refractivity contribution is 5.95. The standard InChI is InChI=1S/C28H38O5/c1-15(2)11-17-20-8-7-16(3)12-22-21(27(22,4)5)9-10-28(20,6)33-26-19(14-30)24(31)18(13-29)25(32)23(17)26/h12-15,17,20-22,31-32H,7-11H2,1-6H3/b16-12+/t17-,20-,21-,22+,28+/m1/s1. The van der Waals surface area contributed by atoms with Gasteiger partial charge in [0.2, 0.25) is 0 Å². The Morgan fingerprint density at radius 1 is 1.06 bits per heavy atom. The number of benzene rings is 1. The molecule has 1 fully saturated rings. The maximum atomic E-state index is 12.0. The molecule has 0 bridgehead atoms. The van der Waals surface area contributed by atoms with Crippen molar-refractivity contribution >= 4 is 12.6 Å². The maximum absolute atomic E-state index is 12.0. The molecule has 4 rings (SSSR count). The van der Waals surface area contributed by atoms with Gasteiger partial charge in [0.15, 0.2) is 12.6 Å². The maximum Gasteiger partial charge on any atom is 0.157 e. The second kappa shape index (κ2) is 8.18. The summed E-state index contributed by atoms with van der Waals surface area (Å²) in [6.45, 7) is 13.3. The van der Waals surface area contributed by atoms with Gasteiger partial charge in [-0.25, -0.2) is 0 Å². The number of phenols is 2. The largest absolute Gasteiger partial charge is 0.507 e. The Kier molecular flexibility index (Phi) is 5.91. The molecule has 0 spiro atoms. The number of phenolic OH excluding ortho intramolecular Hbond substituents is 2. The summed E-state index contributed by atoms with van der Waals surface area (Å²) in [5, 5.41) is 21.7. The van der Waals surface area contributed by atoms with Crippen LogP contribution in [0.1, 0.15) is 106 Å². The average Bonchev–Trinajstić information content (AvgIpc) is 3.24. The number of hydrogen-bond acceptors (Lipinski definition) is 5. The van der Waals surface area contributed by atoms with E-state index in [0.717, 1.165) is 32.1 Å². The Labute approximate surface area is 197 Å². The minimum Gasteiger partial charge on any atom is -0.507 e. The van der Waals surface area contributed by atoms with Crippen LogP contribution in [-0.4, -0.2) is 28.4 Å². The van der Waals surface area contributed by atoms with Crippen LogP contribution in [0, 0.1) is 29.1 Å². The van der Waals surface area contributed by atoms with E-state index in [1.165, 1.54) is 5.57 Å². The third kappa shape index (κ3) is 3.77. The summed E-state index contributed by atoms with van der Waals surface area (Å²) in [6.07, 6.45) is 7.96. The van der Waals surface area contributed by atoms with Crippen LogP contribution < -0.4 is 4.74 Å². The molecule has 1 saturated carbocycles. The van der Waals surface area contributed by atoms with E-state index in [4.69, 9.17) is 4.74 Å². The molecule has 5 nitrogen and oxygen atoms in total. The molecule has 1 aromatic rings. The lowest BCUT2D eigenvalue weighted by Crippen LogP contribution is -2.48. The molecule has 2 N–H and O–H groups in total. The number of rotatable bonds is 4. The van der Waals surface area contributed by atoms with Crippen LogP contribution in [0.15, 0.2) is 11.6 Å². The van der Waals surface area contributed by atoms with Crippen molar-refractivity contribution in [1.29, 1.82) is 0 Å². The van der Waals surface area contributed by atoms with Gasteiger partial charge in [0.1, 0.15) is 22.8 Å². The number of carbonyl (C=O) groups excluding carboxylic acids is 2. The number of aromatic hydroxyl groups is 2. The van der Waals surface area contributed by atoms with Gasteiger partial charge in [-0.1, -0.05) is 39.3 Å². The highest BCUT2D eigenvalue weighted by Gasteiger charge is 2.57. The van der Waals surface area contributed by atoms with Gasteiger partial charge >= 0.3 is 0 Å². The first-order chi connectivity index (χ1) is 15.5. The fraction of sp³-hybridized carbons (Fsp3) is 0.643. The van der Waals surface area contributed by atoms with Crippen LogP contribution in [0.5, 0.6) is 17.2 Å². The molecule has 1 aliphatic heterocycles. The number of ether oxygens (including phenoxy) is 1. The monoisotopic (exact) mass is 454 g/mol. The predicted molar refractivity (Wildman–Crippen MR) is 128 cm³/mol. The summed E-state index contributed by atoms with van der Waals surface area (Å²) in [4.78, 5) is 23.8. The van der Waals surface area contributed by atoms with Crippen molar-refractivity contribution < 1.29 is 24.5 Å². The number of fused-ring (bicyclic) bond motifs is 3. The van der Waals surface area contributed by atoms with Gasteiger partial charge in [-0.05, 0) is 75.0 Å². The number of carbonyl (C=O) groups is 2. The van der Waals surface area contributed by atoms with E-state index in [1.54, 1.807) is 0 Å². The quantitative estimate of drug-likeness (QED) is 0.405. The molecule has 180 valence electrons. The normalized spacial score (nSPS) is 34.1. The van der Waals surface area contributed by atoms with Crippen molar-refractivity contribution in [3.8, 4) is 17.2 Å². The van der Waals surface area contributed by atoms with Crippen LogP contribution in [-0.2, 0) is 0 Å². The van der Waals surface area contributed by atoms with Gasteiger partial charge in [0.25, 0.3) is 0 Å². The minimum atomic E-state index is -0.535. The zero-order valence-electron chi connectivity index (χ0n) is 20.8.